The Bertz CT molecular complexity index is 705. The number of aromatic nitrogens is 3. The lowest BCUT2D eigenvalue weighted by Crippen LogP contribution is -2.33. The molecular weight excluding hydrogens is 272 g/mol. The summed E-state index contributed by atoms with van der Waals surface area (Å²) >= 11 is 1.32. The fraction of sp³-hybridized carbons (Fsp3) is 0.200. The van der Waals surface area contributed by atoms with Crippen molar-refractivity contribution in [3.8, 4) is 0 Å². The molecule has 8 nitrogen and oxygen atoms in total. The number of carbonyl (C=O) groups excluding carboxylic acids is 1. The van der Waals surface area contributed by atoms with Crippen LogP contribution in [-0.2, 0) is 4.79 Å². The van der Waals surface area contributed by atoms with E-state index in [4.69, 9.17) is 5.11 Å². The molecule has 0 spiro atoms. The topological polar surface area (TPSA) is 117 Å². The average molecular weight is 282 g/mol. The lowest BCUT2D eigenvalue weighted by atomic mass is 10.2. The minimum Gasteiger partial charge on any atom is -0.480 e. The number of hydrogen-bond acceptors (Lipinski definition) is 5. The van der Waals surface area contributed by atoms with E-state index in [1.807, 2.05) is 0 Å². The highest BCUT2D eigenvalue weighted by atomic mass is 32.2. The second-order valence-corrected chi connectivity index (χ2v) is 4.38. The Morgan fingerprint density at radius 1 is 1.58 bits per heavy atom. The van der Waals surface area contributed by atoms with E-state index in [9.17, 15) is 14.4 Å². The molecule has 0 fully saturated rings. The highest BCUT2D eigenvalue weighted by Crippen LogP contribution is 2.14. The first kappa shape index (κ1) is 13.1. The van der Waals surface area contributed by atoms with Gasteiger partial charge in [0.15, 0.2) is 11.1 Å². The van der Waals surface area contributed by atoms with Crippen molar-refractivity contribution in [2.75, 3.05) is 12.8 Å². The number of nitrogens with one attached hydrogen (secondary N) is 2. The molecule has 0 aliphatic rings. The molecule has 2 aromatic rings. The molecule has 9 heteroatoms. The number of amides is 1. The van der Waals surface area contributed by atoms with Gasteiger partial charge in [0, 0.05) is 6.07 Å². The Morgan fingerprint density at radius 3 is 2.95 bits per heavy atom. The quantitative estimate of drug-likeness (QED) is 0.654. The van der Waals surface area contributed by atoms with Crippen LogP contribution in [0.5, 0.6) is 0 Å². The first-order valence-electron chi connectivity index (χ1n) is 5.17. The predicted octanol–water partition coefficient (Wildman–Crippen LogP) is -0.441. The summed E-state index contributed by atoms with van der Waals surface area (Å²) in [5, 5.41) is 14.0. The summed E-state index contributed by atoms with van der Waals surface area (Å²) in [5.41, 5.74) is -0.514. The lowest BCUT2D eigenvalue weighted by Gasteiger charge is -2.05. The third-order valence-corrected chi connectivity index (χ3v) is 3.09. The fourth-order valence-electron chi connectivity index (χ4n) is 1.58. The maximum absolute atomic E-state index is 11.9. The van der Waals surface area contributed by atoms with Gasteiger partial charge < -0.3 is 10.4 Å². The molecular formula is C10H10N4O4S. The maximum Gasteiger partial charge on any atom is 0.322 e. The van der Waals surface area contributed by atoms with Crippen molar-refractivity contribution in [3.05, 3.63) is 28.2 Å². The van der Waals surface area contributed by atoms with E-state index in [2.05, 4.69) is 15.4 Å². The highest BCUT2D eigenvalue weighted by molar-refractivity contribution is 7.98. The van der Waals surface area contributed by atoms with Gasteiger partial charge in [0.25, 0.3) is 5.91 Å². The average Bonchev–Trinajstić information content (AvgIpc) is 2.83. The van der Waals surface area contributed by atoms with Crippen LogP contribution in [0.15, 0.2) is 22.2 Å². The van der Waals surface area contributed by atoms with Crippen LogP contribution in [0.1, 0.15) is 10.4 Å². The zero-order chi connectivity index (χ0) is 14.0. The molecule has 0 aliphatic carbocycles. The zero-order valence-corrected chi connectivity index (χ0v) is 10.7. The van der Waals surface area contributed by atoms with Gasteiger partial charge in [-0.15, -0.1) is 11.8 Å². The van der Waals surface area contributed by atoms with Crippen molar-refractivity contribution in [2.24, 2.45) is 0 Å². The van der Waals surface area contributed by atoms with E-state index in [1.54, 1.807) is 6.26 Å². The minimum absolute atomic E-state index is 0.166. The molecule has 100 valence electrons. The Kier molecular flexibility index (Phi) is 3.56. The molecule has 19 heavy (non-hydrogen) atoms. The predicted molar refractivity (Wildman–Crippen MR) is 67.6 cm³/mol. The molecule has 0 aromatic carbocycles. The van der Waals surface area contributed by atoms with Crippen LogP contribution < -0.4 is 10.7 Å². The van der Waals surface area contributed by atoms with Crippen LogP contribution in [0.25, 0.3) is 5.65 Å². The molecule has 0 unspecified atom stereocenters. The monoisotopic (exact) mass is 282 g/mol. The molecule has 0 aliphatic heterocycles. The summed E-state index contributed by atoms with van der Waals surface area (Å²) in [6, 6.07) is 1.30. The Morgan fingerprint density at radius 2 is 2.32 bits per heavy atom. The van der Waals surface area contributed by atoms with E-state index in [0.29, 0.717) is 5.03 Å². The number of carboxylic acids is 1. The number of aromatic amines is 1. The van der Waals surface area contributed by atoms with Crippen LogP contribution in [0.3, 0.4) is 0 Å². The van der Waals surface area contributed by atoms with Crippen LogP contribution in [0, 0.1) is 0 Å². The summed E-state index contributed by atoms with van der Waals surface area (Å²) in [4.78, 5) is 38.1. The van der Waals surface area contributed by atoms with Gasteiger partial charge in [-0.3, -0.25) is 19.5 Å². The standard InChI is InChI=1S/C10H10N4O4S/c1-19-6-2-5(15)8(9-12-4-13-14(6)9)10(18)11-3-7(16)17/h2,4H,3H2,1H3,(H,11,18)(H,12,13)(H,16,17). The summed E-state index contributed by atoms with van der Waals surface area (Å²) in [7, 11) is 0. The van der Waals surface area contributed by atoms with E-state index in [-0.39, 0.29) is 11.2 Å². The van der Waals surface area contributed by atoms with Gasteiger partial charge in [-0.2, -0.15) is 0 Å². The summed E-state index contributed by atoms with van der Waals surface area (Å²) < 4.78 is 1.49. The maximum atomic E-state index is 11.9. The Hall–Kier alpha value is -2.29. The number of aliphatic carboxylic acids is 1. The van der Waals surface area contributed by atoms with Crippen molar-refractivity contribution in [1.82, 2.24) is 19.9 Å². The van der Waals surface area contributed by atoms with Gasteiger partial charge in [-0.25, -0.2) is 9.50 Å². The molecule has 0 radical (unpaired) electrons. The van der Waals surface area contributed by atoms with Gasteiger partial charge in [0.2, 0.25) is 0 Å². The highest BCUT2D eigenvalue weighted by Gasteiger charge is 2.19. The Labute approximate surface area is 110 Å². The van der Waals surface area contributed by atoms with Crippen LogP contribution in [0.2, 0.25) is 0 Å². The number of thioether (sulfide) groups is 1. The van der Waals surface area contributed by atoms with E-state index < -0.39 is 23.9 Å². The SMILES string of the molecule is CSc1cc(=O)c(C(=O)NCC(=O)O)c2nc[nH]n12. The van der Waals surface area contributed by atoms with Crippen LogP contribution in [-0.4, -0.2) is 44.4 Å². The third-order valence-electron chi connectivity index (χ3n) is 2.37. The number of nitrogens with zero attached hydrogens (tertiary/aromatic N) is 2. The second kappa shape index (κ2) is 5.14. The van der Waals surface area contributed by atoms with Crippen molar-refractivity contribution in [1.29, 1.82) is 0 Å². The van der Waals surface area contributed by atoms with E-state index in [1.165, 1.54) is 28.7 Å². The van der Waals surface area contributed by atoms with Gasteiger partial charge in [0.1, 0.15) is 23.5 Å². The number of carbonyl (C=O) groups is 2. The normalized spacial score (nSPS) is 10.6. The number of carboxylic acid groups (broad SMARTS) is 1. The summed E-state index contributed by atoms with van der Waals surface area (Å²) in [6.07, 6.45) is 3.13. The van der Waals surface area contributed by atoms with Gasteiger partial charge in [0.05, 0.1) is 0 Å². The number of H-pyrrole nitrogens is 1. The third kappa shape index (κ3) is 2.45. The number of pyridine rings is 1. The Balaban J connectivity index is 2.51. The molecule has 0 saturated carbocycles. The number of fused-ring (bicyclic) bond motifs is 1. The fourth-order valence-corrected chi connectivity index (χ4v) is 2.12. The number of rotatable bonds is 4. The van der Waals surface area contributed by atoms with Gasteiger partial charge in [-0.1, -0.05) is 0 Å². The summed E-state index contributed by atoms with van der Waals surface area (Å²) in [5.74, 6) is -1.95. The van der Waals surface area contributed by atoms with Crippen molar-refractivity contribution >= 4 is 29.3 Å². The van der Waals surface area contributed by atoms with Crippen LogP contribution >= 0.6 is 11.8 Å². The van der Waals surface area contributed by atoms with E-state index in [0.717, 1.165) is 0 Å². The van der Waals surface area contributed by atoms with E-state index >= 15 is 0 Å². The molecule has 0 bridgehead atoms. The van der Waals surface area contributed by atoms with Crippen LogP contribution in [0.4, 0.5) is 0 Å². The first-order chi connectivity index (χ1) is 9.04. The second-order valence-electron chi connectivity index (χ2n) is 3.55. The lowest BCUT2D eigenvalue weighted by molar-refractivity contribution is -0.135. The van der Waals surface area contributed by atoms with Crippen molar-refractivity contribution in [2.45, 2.75) is 5.03 Å². The number of hydrogen-bond donors (Lipinski definition) is 3. The van der Waals surface area contributed by atoms with Crippen molar-refractivity contribution < 1.29 is 14.7 Å². The molecule has 0 saturated heterocycles. The minimum atomic E-state index is -1.19. The molecule has 3 N–H and O–H groups in total. The molecule has 1 amide bonds. The van der Waals surface area contributed by atoms with Crippen molar-refractivity contribution in [3.63, 3.8) is 0 Å². The molecule has 2 heterocycles. The molecule has 2 rings (SSSR count). The smallest absolute Gasteiger partial charge is 0.322 e. The zero-order valence-electron chi connectivity index (χ0n) is 9.84. The largest absolute Gasteiger partial charge is 0.480 e. The summed E-state index contributed by atoms with van der Waals surface area (Å²) in [6.45, 7) is -0.556. The molecule has 0 atom stereocenters. The first-order valence-corrected chi connectivity index (χ1v) is 6.40. The van der Waals surface area contributed by atoms with Gasteiger partial charge in [-0.05, 0) is 6.26 Å². The molecule has 2 aromatic heterocycles. The van der Waals surface area contributed by atoms with Gasteiger partial charge >= 0.3 is 5.97 Å².